The van der Waals surface area contributed by atoms with Gasteiger partial charge in [-0.25, -0.2) is 0 Å². The third-order valence-corrected chi connectivity index (χ3v) is 3.52. The fourth-order valence-electron chi connectivity index (χ4n) is 1.53. The van der Waals surface area contributed by atoms with Crippen LogP contribution in [0.25, 0.3) is 0 Å². The Morgan fingerprint density at radius 1 is 1.39 bits per heavy atom. The van der Waals surface area contributed by atoms with Crippen molar-refractivity contribution in [3.8, 4) is 0 Å². The van der Waals surface area contributed by atoms with E-state index in [1.54, 1.807) is 6.07 Å². The number of carbonyl (C=O) groups excluding carboxylic acids is 1. The van der Waals surface area contributed by atoms with Crippen molar-refractivity contribution < 1.29 is 4.79 Å². The molecule has 5 heteroatoms. The van der Waals surface area contributed by atoms with E-state index in [2.05, 4.69) is 52.0 Å². The molecule has 18 heavy (non-hydrogen) atoms. The molecule has 0 aliphatic heterocycles. The summed E-state index contributed by atoms with van der Waals surface area (Å²) in [4.78, 5) is 12.0. The molecular formula is C13H14IN3O. The van der Waals surface area contributed by atoms with E-state index < -0.39 is 0 Å². The fraction of sp³-hybridized carbons (Fsp3) is 0.231. The number of nitrogens with one attached hydrogen (secondary N) is 2. The first-order valence-electron chi connectivity index (χ1n) is 5.69. The van der Waals surface area contributed by atoms with Crippen molar-refractivity contribution in [1.29, 1.82) is 0 Å². The molecule has 0 unspecified atom stereocenters. The molecule has 0 atom stereocenters. The zero-order chi connectivity index (χ0) is 13.1. The molecular weight excluding hydrogens is 341 g/mol. The van der Waals surface area contributed by atoms with E-state index in [9.17, 15) is 4.79 Å². The molecule has 1 amide bonds. The average Bonchev–Trinajstić information content (AvgIpc) is 2.78. The quantitative estimate of drug-likeness (QED) is 0.830. The molecule has 2 aromatic rings. The molecule has 0 fully saturated rings. The predicted octanol–water partition coefficient (Wildman–Crippen LogP) is 3.39. The molecule has 0 saturated heterocycles. The van der Waals surface area contributed by atoms with E-state index in [1.807, 2.05) is 24.3 Å². The van der Waals surface area contributed by atoms with E-state index in [0.717, 1.165) is 9.26 Å². The van der Waals surface area contributed by atoms with Crippen LogP contribution >= 0.6 is 22.6 Å². The number of benzene rings is 1. The van der Waals surface area contributed by atoms with E-state index in [4.69, 9.17) is 0 Å². The number of H-pyrrole nitrogens is 1. The van der Waals surface area contributed by atoms with Gasteiger partial charge < -0.3 is 5.32 Å². The Kier molecular flexibility index (Phi) is 4.00. The van der Waals surface area contributed by atoms with Gasteiger partial charge in [0.2, 0.25) is 0 Å². The summed E-state index contributed by atoms with van der Waals surface area (Å²) in [6.45, 7) is 4.14. The molecule has 0 bridgehead atoms. The summed E-state index contributed by atoms with van der Waals surface area (Å²) < 4.78 is 0.923. The highest BCUT2D eigenvalue weighted by molar-refractivity contribution is 14.1. The number of anilines is 1. The molecule has 1 aromatic heterocycles. The minimum absolute atomic E-state index is 0.137. The standard InChI is InChI=1S/C13H14IN3O/c1-8(2)11-7-12(17-16-11)15-13(18)9-5-3-4-6-10(9)14/h3-8H,1-2H3,(H2,15,16,17,18). The Balaban J connectivity index is 2.14. The highest BCUT2D eigenvalue weighted by atomic mass is 127. The number of amides is 1. The number of halogens is 1. The molecule has 1 heterocycles. The number of hydrogen-bond donors (Lipinski definition) is 2. The second-order valence-corrected chi connectivity index (χ2v) is 5.46. The lowest BCUT2D eigenvalue weighted by molar-refractivity contribution is 0.102. The van der Waals surface area contributed by atoms with Gasteiger partial charge in [0.1, 0.15) is 0 Å². The zero-order valence-corrected chi connectivity index (χ0v) is 12.4. The lowest BCUT2D eigenvalue weighted by Gasteiger charge is -2.03. The number of hydrogen-bond acceptors (Lipinski definition) is 2. The predicted molar refractivity (Wildman–Crippen MR) is 79.8 cm³/mol. The van der Waals surface area contributed by atoms with Crippen LogP contribution in [-0.2, 0) is 0 Å². The molecule has 4 nitrogen and oxygen atoms in total. The van der Waals surface area contributed by atoms with Crippen molar-refractivity contribution in [2.75, 3.05) is 5.32 Å². The normalized spacial score (nSPS) is 10.7. The van der Waals surface area contributed by atoms with Crippen molar-refractivity contribution in [2.24, 2.45) is 0 Å². The van der Waals surface area contributed by atoms with Crippen molar-refractivity contribution in [2.45, 2.75) is 19.8 Å². The first-order chi connectivity index (χ1) is 8.58. The summed E-state index contributed by atoms with van der Waals surface area (Å²) in [5.74, 6) is 0.783. The minimum Gasteiger partial charge on any atom is -0.305 e. The van der Waals surface area contributed by atoms with Gasteiger partial charge in [-0.15, -0.1) is 0 Å². The Morgan fingerprint density at radius 2 is 2.11 bits per heavy atom. The highest BCUT2D eigenvalue weighted by Gasteiger charge is 2.11. The van der Waals surface area contributed by atoms with Crippen LogP contribution in [0.5, 0.6) is 0 Å². The van der Waals surface area contributed by atoms with Crippen molar-refractivity contribution in [3.63, 3.8) is 0 Å². The second-order valence-electron chi connectivity index (χ2n) is 4.30. The maximum atomic E-state index is 12.0. The van der Waals surface area contributed by atoms with E-state index in [1.165, 1.54) is 0 Å². The fourth-order valence-corrected chi connectivity index (χ4v) is 2.16. The Hall–Kier alpha value is -1.37. The molecule has 2 rings (SSSR count). The largest absolute Gasteiger partial charge is 0.305 e. The average molecular weight is 355 g/mol. The topological polar surface area (TPSA) is 57.8 Å². The molecule has 0 radical (unpaired) electrons. The first kappa shape index (κ1) is 13.1. The molecule has 0 spiro atoms. The summed E-state index contributed by atoms with van der Waals surface area (Å²) in [5.41, 5.74) is 1.67. The lowest BCUT2D eigenvalue weighted by atomic mass is 10.1. The summed E-state index contributed by atoms with van der Waals surface area (Å²) in [7, 11) is 0. The van der Waals surface area contributed by atoms with Crippen LogP contribution in [0, 0.1) is 3.57 Å². The lowest BCUT2D eigenvalue weighted by Crippen LogP contribution is -2.13. The van der Waals surface area contributed by atoms with Crippen molar-refractivity contribution in [1.82, 2.24) is 10.2 Å². The summed E-state index contributed by atoms with van der Waals surface area (Å²) in [6.07, 6.45) is 0. The van der Waals surface area contributed by atoms with Crippen LogP contribution in [0.4, 0.5) is 5.82 Å². The van der Waals surface area contributed by atoms with Crippen LogP contribution in [-0.4, -0.2) is 16.1 Å². The number of nitrogens with zero attached hydrogens (tertiary/aromatic N) is 1. The summed E-state index contributed by atoms with van der Waals surface area (Å²) in [5, 5.41) is 9.77. The van der Waals surface area contributed by atoms with Gasteiger partial charge in [0, 0.05) is 15.3 Å². The third kappa shape index (κ3) is 2.90. The molecule has 2 N–H and O–H groups in total. The SMILES string of the molecule is CC(C)c1cc(NC(=O)c2ccccc2I)n[nH]1. The van der Waals surface area contributed by atoms with E-state index >= 15 is 0 Å². The first-order valence-corrected chi connectivity index (χ1v) is 6.77. The number of carbonyl (C=O) groups is 1. The van der Waals surface area contributed by atoms with Gasteiger partial charge >= 0.3 is 0 Å². The van der Waals surface area contributed by atoms with Gasteiger partial charge in [-0.05, 0) is 40.6 Å². The van der Waals surface area contributed by atoms with Gasteiger partial charge in [0.25, 0.3) is 5.91 Å². The maximum absolute atomic E-state index is 12.0. The van der Waals surface area contributed by atoms with Crippen molar-refractivity contribution >= 4 is 34.3 Å². The smallest absolute Gasteiger partial charge is 0.257 e. The third-order valence-electron chi connectivity index (χ3n) is 2.58. The Morgan fingerprint density at radius 3 is 2.72 bits per heavy atom. The van der Waals surface area contributed by atoms with Crippen LogP contribution in [0.3, 0.4) is 0 Å². The monoisotopic (exact) mass is 355 g/mol. The van der Waals surface area contributed by atoms with Crippen LogP contribution in [0.1, 0.15) is 35.8 Å². The van der Waals surface area contributed by atoms with Gasteiger partial charge in [-0.1, -0.05) is 26.0 Å². The van der Waals surface area contributed by atoms with Crippen molar-refractivity contribution in [3.05, 3.63) is 45.2 Å². The zero-order valence-electron chi connectivity index (χ0n) is 10.2. The van der Waals surface area contributed by atoms with Gasteiger partial charge in [-0.2, -0.15) is 5.10 Å². The van der Waals surface area contributed by atoms with E-state index in [-0.39, 0.29) is 5.91 Å². The van der Waals surface area contributed by atoms with E-state index in [0.29, 0.717) is 17.3 Å². The minimum atomic E-state index is -0.137. The van der Waals surface area contributed by atoms with Crippen LogP contribution < -0.4 is 5.32 Å². The number of aromatic amines is 1. The summed E-state index contributed by atoms with van der Waals surface area (Å²) >= 11 is 2.15. The maximum Gasteiger partial charge on any atom is 0.257 e. The molecule has 0 aliphatic carbocycles. The Bertz CT molecular complexity index is 563. The van der Waals surface area contributed by atoms with Gasteiger partial charge in [0.15, 0.2) is 5.82 Å². The number of aromatic nitrogens is 2. The molecule has 0 aliphatic rings. The summed E-state index contributed by atoms with van der Waals surface area (Å²) in [6, 6.07) is 9.32. The molecule has 0 saturated carbocycles. The molecule has 1 aromatic carbocycles. The number of rotatable bonds is 3. The van der Waals surface area contributed by atoms with Crippen LogP contribution in [0.15, 0.2) is 30.3 Å². The Labute approximate surface area is 119 Å². The molecule has 94 valence electrons. The highest BCUT2D eigenvalue weighted by Crippen LogP contribution is 2.17. The van der Waals surface area contributed by atoms with Crippen LogP contribution in [0.2, 0.25) is 0 Å². The van der Waals surface area contributed by atoms with Gasteiger partial charge in [-0.3, -0.25) is 9.89 Å². The second kappa shape index (κ2) is 5.51. The van der Waals surface area contributed by atoms with Gasteiger partial charge in [0.05, 0.1) is 5.56 Å².